The van der Waals surface area contributed by atoms with E-state index in [2.05, 4.69) is 15.3 Å². The van der Waals surface area contributed by atoms with Gasteiger partial charge in [0.2, 0.25) is 0 Å². The monoisotopic (exact) mass is 422 g/mol. The number of benzene rings is 2. The van der Waals surface area contributed by atoms with Crippen molar-refractivity contribution < 1.29 is 9.53 Å². The molecule has 0 atom stereocenters. The molecule has 0 fully saturated rings. The maximum absolute atomic E-state index is 13.4. The van der Waals surface area contributed by atoms with Gasteiger partial charge in [0, 0.05) is 41.4 Å². The SMILES string of the molecule is Cc1cc(Nc2cc(C(=O)N3CCc4c(Oc5ccccc5)cccc43)ccn2)ccn1. The fourth-order valence-corrected chi connectivity index (χ4v) is 3.88. The van der Waals surface area contributed by atoms with Crippen molar-refractivity contribution in [2.24, 2.45) is 0 Å². The van der Waals surface area contributed by atoms with Crippen LogP contribution < -0.4 is 15.0 Å². The summed E-state index contributed by atoms with van der Waals surface area (Å²) in [6.45, 7) is 2.54. The number of carbonyl (C=O) groups is 1. The number of amides is 1. The van der Waals surface area contributed by atoms with Gasteiger partial charge in [-0.25, -0.2) is 4.98 Å². The topological polar surface area (TPSA) is 67.4 Å². The van der Waals surface area contributed by atoms with Crippen molar-refractivity contribution in [2.45, 2.75) is 13.3 Å². The number of nitrogens with zero attached hydrogens (tertiary/aromatic N) is 3. The first kappa shape index (κ1) is 19.8. The van der Waals surface area contributed by atoms with Crippen molar-refractivity contribution in [1.29, 1.82) is 0 Å². The highest BCUT2D eigenvalue weighted by molar-refractivity contribution is 6.07. The Morgan fingerprint density at radius 2 is 1.81 bits per heavy atom. The summed E-state index contributed by atoms with van der Waals surface area (Å²) < 4.78 is 6.09. The Labute approximate surface area is 186 Å². The predicted octanol–water partition coefficient (Wildman–Crippen LogP) is 5.52. The van der Waals surface area contributed by atoms with Crippen molar-refractivity contribution in [3.05, 3.63) is 102 Å². The summed E-state index contributed by atoms with van der Waals surface area (Å²) in [6, 6.07) is 22.9. The van der Waals surface area contributed by atoms with Crippen molar-refractivity contribution in [2.75, 3.05) is 16.8 Å². The molecular weight excluding hydrogens is 400 g/mol. The standard InChI is InChI=1S/C26H22N4O2/c1-18-16-20(11-14-27-18)29-25-17-19(10-13-28-25)26(31)30-15-12-22-23(30)8-5-9-24(22)32-21-6-3-2-4-7-21/h2-11,13-14,16-17H,12,15H2,1H3,(H,27,28,29). The zero-order chi connectivity index (χ0) is 21.9. The Kier molecular flexibility index (Phi) is 5.25. The summed E-state index contributed by atoms with van der Waals surface area (Å²) in [5, 5.41) is 3.24. The molecule has 158 valence electrons. The molecule has 6 heteroatoms. The van der Waals surface area contributed by atoms with Gasteiger partial charge in [0.1, 0.15) is 17.3 Å². The molecule has 1 aliphatic heterocycles. The van der Waals surface area contributed by atoms with Crippen LogP contribution >= 0.6 is 0 Å². The van der Waals surface area contributed by atoms with Crippen molar-refractivity contribution in [1.82, 2.24) is 9.97 Å². The lowest BCUT2D eigenvalue weighted by molar-refractivity contribution is 0.0989. The lowest BCUT2D eigenvalue weighted by atomic mass is 10.1. The smallest absolute Gasteiger partial charge is 0.258 e. The summed E-state index contributed by atoms with van der Waals surface area (Å²) >= 11 is 0. The minimum absolute atomic E-state index is 0.0584. The Bertz CT molecular complexity index is 1270. The number of aryl methyl sites for hydroxylation is 1. The quantitative estimate of drug-likeness (QED) is 0.458. The second kappa shape index (κ2) is 8.51. The fraction of sp³-hybridized carbons (Fsp3) is 0.115. The largest absolute Gasteiger partial charge is 0.457 e. The number of pyridine rings is 2. The number of hydrogen-bond donors (Lipinski definition) is 1. The van der Waals surface area contributed by atoms with Crippen LogP contribution in [0.2, 0.25) is 0 Å². The van der Waals surface area contributed by atoms with E-state index >= 15 is 0 Å². The number of rotatable bonds is 5. The third kappa shape index (κ3) is 4.03. The first-order valence-corrected chi connectivity index (χ1v) is 10.5. The zero-order valence-corrected chi connectivity index (χ0v) is 17.7. The van der Waals surface area contributed by atoms with E-state index in [-0.39, 0.29) is 5.91 Å². The molecule has 0 unspecified atom stereocenters. The molecule has 1 amide bonds. The van der Waals surface area contributed by atoms with Crippen LogP contribution in [0.5, 0.6) is 11.5 Å². The summed E-state index contributed by atoms with van der Waals surface area (Å²) in [6.07, 6.45) is 4.13. The third-order valence-electron chi connectivity index (χ3n) is 5.38. The van der Waals surface area contributed by atoms with Crippen LogP contribution in [0.1, 0.15) is 21.6 Å². The fourth-order valence-electron chi connectivity index (χ4n) is 3.88. The first-order valence-electron chi connectivity index (χ1n) is 10.5. The van der Waals surface area contributed by atoms with Crippen molar-refractivity contribution in [3.63, 3.8) is 0 Å². The highest BCUT2D eigenvalue weighted by atomic mass is 16.5. The molecule has 2 aromatic heterocycles. The van der Waals surface area contributed by atoms with Crippen LogP contribution in [0.15, 0.2) is 85.2 Å². The Morgan fingerprint density at radius 1 is 0.969 bits per heavy atom. The molecule has 6 nitrogen and oxygen atoms in total. The number of carbonyl (C=O) groups excluding carboxylic acids is 1. The molecule has 2 aromatic carbocycles. The molecule has 1 N–H and O–H groups in total. The van der Waals surface area contributed by atoms with Crippen LogP contribution in [0.25, 0.3) is 0 Å². The average Bonchev–Trinajstić information content (AvgIpc) is 3.25. The van der Waals surface area contributed by atoms with Crippen LogP contribution in [-0.4, -0.2) is 22.4 Å². The maximum Gasteiger partial charge on any atom is 0.258 e. The molecule has 32 heavy (non-hydrogen) atoms. The normalized spacial score (nSPS) is 12.3. The van der Waals surface area contributed by atoms with E-state index in [9.17, 15) is 4.79 Å². The van der Waals surface area contributed by atoms with Crippen molar-refractivity contribution in [3.8, 4) is 11.5 Å². The summed E-state index contributed by atoms with van der Waals surface area (Å²) in [4.78, 5) is 23.7. The molecule has 5 rings (SSSR count). The van der Waals surface area contributed by atoms with Crippen LogP contribution in [-0.2, 0) is 6.42 Å². The third-order valence-corrected chi connectivity index (χ3v) is 5.38. The van der Waals surface area contributed by atoms with Gasteiger partial charge in [-0.15, -0.1) is 0 Å². The molecule has 1 aliphatic rings. The Balaban J connectivity index is 1.38. The number of para-hydroxylation sites is 1. The highest BCUT2D eigenvalue weighted by Gasteiger charge is 2.28. The Hall–Kier alpha value is -4.19. The summed E-state index contributed by atoms with van der Waals surface area (Å²) in [5.74, 6) is 2.12. The molecular formula is C26H22N4O2. The molecule has 0 aliphatic carbocycles. The molecule has 0 saturated carbocycles. The van der Waals surface area contributed by atoms with E-state index in [1.54, 1.807) is 24.5 Å². The van der Waals surface area contributed by atoms with Crippen molar-refractivity contribution >= 4 is 23.1 Å². The molecule has 4 aromatic rings. The minimum atomic E-state index is -0.0584. The lowest BCUT2D eigenvalue weighted by Crippen LogP contribution is -2.28. The van der Waals surface area contributed by atoms with E-state index in [0.29, 0.717) is 17.9 Å². The van der Waals surface area contributed by atoms with Gasteiger partial charge in [-0.05, 0) is 61.9 Å². The first-order chi connectivity index (χ1) is 15.7. The van der Waals surface area contributed by atoms with E-state index < -0.39 is 0 Å². The van der Waals surface area contributed by atoms with Gasteiger partial charge in [0.25, 0.3) is 5.91 Å². The highest BCUT2D eigenvalue weighted by Crippen LogP contribution is 2.38. The molecule has 0 spiro atoms. The molecule has 0 bridgehead atoms. The zero-order valence-electron chi connectivity index (χ0n) is 17.7. The van der Waals surface area contributed by atoms with E-state index in [1.807, 2.05) is 72.5 Å². The predicted molar refractivity (Wildman–Crippen MR) is 125 cm³/mol. The number of aromatic nitrogens is 2. The minimum Gasteiger partial charge on any atom is -0.457 e. The van der Waals surface area contributed by atoms with E-state index in [4.69, 9.17) is 4.74 Å². The van der Waals surface area contributed by atoms with E-state index in [0.717, 1.165) is 40.6 Å². The second-order valence-electron chi connectivity index (χ2n) is 7.62. The number of nitrogens with one attached hydrogen (secondary N) is 1. The lowest BCUT2D eigenvalue weighted by Gasteiger charge is -2.18. The molecule has 3 heterocycles. The van der Waals surface area contributed by atoms with Crippen LogP contribution in [0.4, 0.5) is 17.2 Å². The number of hydrogen-bond acceptors (Lipinski definition) is 5. The molecule has 0 saturated heterocycles. The van der Waals surface area contributed by atoms with Crippen LogP contribution in [0, 0.1) is 6.92 Å². The number of ether oxygens (including phenoxy) is 1. The van der Waals surface area contributed by atoms with Gasteiger partial charge < -0.3 is 15.0 Å². The van der Waals surface area contributed by atoms with Crippen LogP contribution in [0.3, 0.4) is 0 Å². The Morgan fingerprint density at radius 3 is 2.66 bits per heavy atom. The second-order valence-corrected chi connectivity index (χ2v) is 7.62. The number of fused-ring (bicyclic) bond motifs is 1. The maximum atomic E-state index is 13.4. The van der Waals surface area contributed by atoms with Gasteiger partial charge in [0.05, 0.1) is 5.69 Å². The van der Waals surface area contributed by atoms with Gasteiger partial charge in [-0.1, -0.05) is 24.3 Å². The van der Waals surface area contributed by atoms with Gasteiger partial charge in [-0.2, -0.15) is 0 Å². The van der Waals surface area contributed by atoms with E-state index in [1.165, 1.54) is 0 Å². The number of anilines is 3. The summed E-state index contributed by atoms with van der Waals surface area (Å²) in [7, 11) is 0. The molecule has 0 radical (unpaired) electrons. The van der Waals surface area contributed by atoms with Gasteiger partial charge in [0.15, 0.2) is 0 Å². The van der Waals surface area contributed by atoms with Gasteiger partial charge >= 0.3 is 0 Å². The average molecular weight is 422 g/mol. The summed E-state index contributed by atoms with van der Waals surface area (Å²) in [5.41, 5.74) is 4.30. The van der Waals surface area contributed by atoms with Gasteiger partial charge in [-0.3, -0.25) is 9.78 Å².